The van der Waals surface area contributed by atoms with Gasteiger partial charge in [-0.2, -0.15) is 0 Å². The van der Waals surface area contributed by atoms with Crippen LogP contribution in [-0.2, 0) is 13.0 Å². The largest absolute Gasteiger partial charge is 0.357 e. The van der Waals surface area contributed by atoms with Crippen molar-refractivity contribution < 1.29 is 0 Å². The second kappa shape index (κ2) is 5.32. The van der Waals surface area contributed by atoms with Crippen molar-refractivity contribution in [3.05, 3.63) is 45.9 Å². The number of anilines is 1. The second-order valence-electron chi connectivity index (χ2n) is 3.44. The van der Waals surface area contributed by atoms with Gasteiger partial charge in [0.05, 0.1) is 5.69 Å². The summed E-state index contributed by atoms with van der Waals surface area (Å²) < 4.78 is 0. The number of benzene rings is 1. The second-order valence-corrected chi connectivity index (χ2v) is 4.71. The first-order valence-corrected chi connectivity index (χ1v) is 6.47. The third-order valence-electron chi connectivity index (χ3n) is 2.30. The first kappa shape index (κ1) is 11.4. The maximum Gasteiger partial charge on any atom is 0.183 e. The molecule has 1 aromatic carbocycles. The fourth-order valence-corrected chi connectivity index (χ4v) is 2.36. The number of nitrogens with one attached hydrogen (secondary N) is 1. The van der Waals surface area contributed by atoms with Gasteiger partial charge in [0.25, 0.3) is 0 Å². The highest BCUT2D eigenvalue weighted by Gasteiger charge is 2.01. The van der Waals surface area contributed by atoms with E-state index in [9.17, 15) is 0 Å². The average Bonchev–Trinajstić information content (AvgIpc) is 2.76. The van der Waals surface area contributed by atoms with Gasteiger partial charge in [0.2, 0.25) is 0 Å². The molecule has 1 N–H and O–H groups in total. The molecule has 2 rings (SSSR count). The van der Waals surface area contributed by atoms with Crippen molar-refractivity contribution >= 4 is 28.1 Å². The molecule has 1 heterocycles. The standard InChI is InChI=1S/C12H13ClN2S/c1-2-10-8-16-12(15-10)14-7-9-5-3-4-6-11(9)13/h3-6,8H,2,7H2,1H3,(H,14,15). The quantitative estimate of drug-likeness (QED) is 0.891. The molecule has 0 unspecified atom stereocenters. The molecule has 0 aliphatic rings. The van der Waals surface area contributed by atoms with E-state index in [0.29, 0.717) is 0 Å². The molecular weight excluding hydrogens is 240 g/mol. The maximum absolute atomic E-state index is 6.07. The lowest BCUT2D eigenvalue weighted by Crippen LogP contribution is -1.99. The summed E-state index contributed by atoms with van der Waals surface area (Å²) in [6.45, 7) is 2.82. The molecular formula is C12H13ClN2S. The fraction of sp³-hybridized carbons (Fsp3) is 0.250. The van der Waals surface area contributed by atoms with Crippen LogP contribution in [0.25, 0.3) is 0 Å². The molecule has 84 valence electrons. The number of nitrogens with zero attached hydrogens (tertiary/aromatic N) is 1. The summed E-state index contributed by atoms with van der Waals surface area (Å²) in [6, 6.07) is 7.84. The van der Waals surface area contributed by atoms with Crippen molar-refractivity contribution in [1.82, 2.24) is 4.98 Å². The van der Waals surface area contributed by atoms with Gasteiger partial charge < -0.3 is 5.32 Å². The van der Waals surface area contributed by atoms with Gasteiger partial charge in [-0.3, -0.25) is 0 Å². The van der Waals surface area contributed by atoms with Gasteiger partial charge in [-0.15, -0.1) is 11.3 Å². The van der Waals surface area contributed by atoms with Crippen molar-refractivity contribution in [2.75, 3.05) is 5.32 Å². The molecule has 0 radical (unpaired) electrons. The highest BCUT2D eigenvalue weighted by atomic mass is 35.5. The van der Waals surface area contributed by atoms with E-state index in [1.165, 1.54) is 0 Å². The molecule has 0 atom stereocenters. The number of rotatable bonds is 4. The third kappa shape index (κ3) is 2.74. The summed E-state index contributed by atoms with van der Waals surface area (Å²) in [5.74, 6) is 0. The number of aromatic nitrogens is 1. The predicted molar refractivity (Wildman–Crippen MR) is 70.3 cm³/mol. The van der Waals surface area contributed by atoms with Crippen molar-refractivity contribution in [3.63, 3.8) is 0 Å². The first-order valence-electron chi connectivity index (χ1n) is 5.21. The zero-order valence-corrected chi connectivity index (χ0v) is 10.6. The lowest BCUT2D eigenvalue weighted by atomic mass is 10.2. The zero-order chi connectivity index (χ0) is 11.4. The van der Waals surface area contributed by atoms with Crippen LogP contribution in [0.2, 0.25) is 5.02 Å². The maximum atomic E-state index is 6.07. The molecule has 0 saturated carbocycles. The molecule has 2 nitrogen and oxygen atoms in total. The summed E-state index contributed by atoms with van der Waals surface area (Å²) >= 11 is 7.70. The van der Waals surface area contributed by atoms with E-state index in [4.69, 9.17) is 11.6 Å². The number of halogens is 1. The van der Waals surface area contributed by atoms with Gasteiger partial charge in [-0.05, 0) is 18.1 Å². The SMILES string of the molecule is CCc1csc(NCc2ccccc2Cl)n1. The van der Waals surface area contributed by atoms with Crippen LogP contribution in [0.15, 0.2) is 29.6 Å². The number of hydrogen-bond donors (Lipinski definition) is 1. The Balaban J connectivity index is 1.99. The minimum absolute atomic E-state index is 0.719. The van der Waals surface area contributed by atoms with E-state index in [-0.39, 0.29) is 0 Å². The Morgan fingerprint density at radius 3 is 2.88 bits per heavy atom. The molecule has 0 aliphatic carbocycles. The van der Waals surface area contributed by atoms with Gasteiger partial charge in [0, 0.05) is 16.9 Å². The molecule has 1 aromatic heterocycles. The molecule has 0 bridgehead atoms. The van der Waals surface area contributed by atoms with E-state index >= 15 is 0 Å². The van der Waals surface area contributed by atoms with E-state index in [1.807, 2.05) is 24.3 Å². The minimum atomic E-state index is 0.719. The van der Waals surface area contributed by atoms with Crippen molar-refractivity contribution in [3.8, 4) is 0 Å². The number of thiazole rings is 1. The lowest BCUT2D eigenvalue weighted by molar-refractivity contribution is 1.05. The monoisotopic (exact) mass is 252 g/mol. The summed E-state index contributed by atoms with van der Waals surface area (Å²) in [5.41, 5.74) is 2.23. The molecule has 0 aliphatic heterocycles. The first-order chi connectivity index (χ1) is 7.79. The van der Waals surface area contributed by atoms with Crippen molar-refractivity contribution in [2.24, 2.45) is 0 Å². The Kier molecular flexibility index (Phi) is 3.80. The predicted octanol–water partition coefficient (Wildman–Crippen LogP) is 3.97. The van der Waals surface area contributed by atoms with Gasteiger partial charge in [-0.25, -0.2) is 4.98 Å². The van der Waals surface area contributed by atoms with Crippen LogP contribution in [0.1, 0.15) is 18.2 Å². The molecule has 0 spiro atoms. The Hall–Kier alpha value is -1.06. The van der Waals surface area contributed by atoms with Crippen LogP contribution >= 0.6 is 22.9 Å². The van der Waals surface area contributed by atoms with Gasteiger partial charge >= 0.3 is 0 Å². The van der Waals surface area contributed by atoms with E-state index in [2.05, 4.69) is 22.6 Å². The van der Waals surface area contributed by atoms with Crippen LogP contribution < -0.4 is 5.32 Å². The van der Waals surface area contributed by atoms with E-state index in [1.54, 1.807) is 11.3 Å². The Morgan fingerprint density at radius 1 is 1.38 bits per heavy atom. The van der Waals surface area contributed by atoms with Crippen LogP contribution in [0, 0.1) is 0 Å². The molecule has 0 amide bonds. The highest BCUT2D eigenvalue weighted by Crippen LogP contribution is 2.19. The normalized spacial score (nSPS) is 10.4. The molecule has 2 aromatic rings. The highest BCUT2D eigenvalue weighted by molar-refractivity contribution is 7.13. The van der Waals surface area contributed by atoms with Crippen LogP contribution in [-0.4, -0.2) is 4.98 Å². The fourth-order valence-electron chi connectivity index (χ4n) is 1.36. The zero-order valence-electron chi connectivity index (χ0n) is 9.03. The van der Waals surface area contributed by atoms with Crippen LogP contribution in [0.5, 0.6) is 0 Å². The smallest absolute Gasteiger partial charge is 0.183 e. The van der Waals surface area contributed by atoms with E-state index in [0.717, 1.165) is 34.4 Å². The van der Waals surface area contributed by atoms with E-state index < -0.39 is 0 Å². The molecule has 0 saturated heterocycles. The topological polar surface area (TPSA) is 24.9 Å². The van der Waals surface area contributed by atoms with Gasteiger partial charge in [-0.1, -0.05) is 36.7 Å². The number of aryl methyl sites for hydroxylation is 1. The van der Waals surface area contributed by atoms with Crippen LogP contribution in [0.4, 0.5) is 5.13 Å². The lowest BCUT2D eigenvalue weighted by Gasteiger charge is -2.04. The Labute approximate surface area is 104 Å². The van der Waals surface area contributed by atoms with Crippen LogP contribution in [0.3, 0.4) is 0 Å². The Morgan fingerprint density at radius 2 is 2.19 bits per heavy atom. The molecule has 0 fully saturated rings. The summed E-state index contributed by atoms with van der Waals surface area (Å²) in [7, 11) is 0. The van der Waals surface area contributed by atoms with Crippen molar-refractivity contribution in [2.45, 2.75) is 19.9 Å². The molecule has 4 heteroatoms. The molecule has 16 heavy (non-hydrogen) atoms. The van der Waals surface area contributed by atoms with Gasteiger partial charge in [0.1, 0.15) is 0 Å². The summed E-state index contributed by atoms with van der Waals surface area (Å²) in [6.07, 6.45) is 0.976. The number of hydrogen-bond acceptors (Lipinski definition) is 3. The Bertz CT molecular complexity index is 468. The van der Waals surface area contributed by atoms with Crippen molar-refractivity contribution in [1.29, 1.82) is 0 Å². The third-order valence-corrected chi connectivity index (χ3v) is 3.52. The van der Waals surface area contributed by atoms with Gasteiger partial charge in [0.15, 0.2) is 5.13 Å². The minimum Gasteiger partial charge on any atom is -0.357 e. The summed E-state index contributed by atoms with van der Waals surface area (Å²) in [5, 5.41) is 7.11. The average molecular weight is 253 g/mol. The summed E-state index contributed by atoms with van der Waals surface area (Å²) in [4.78, 5) is 4.44.